The monoisotopic (exact) mass is 363 g/mol. The van der Waals surface area contributed by atoms with Crippen molar-refractivity contribution < 1.29 is 4.74 Å². The molecule has 3 atom stereocenters. The van der Waals surface area contributed by atoms with Crippen molar-refractivity contribution in [2.45, 2.75) is 37.3 Å². The summed E-state index contributed by atoms with van der Waals surface area (Å²) < 4.78 is 6.29. The second-order valence-electron chi connectivity index (χ2n) is 7.83. The lowest BCUT2D eigenvalue weighted by atomic mass is 9.97. The third-order valence-electron chi connectivity index (χ3n) is 5.93. The van der Waals surface area contributed by atoms with Crippen LogP contribution in [0.4, 0.5) is 0 Å². The predicted octanol–water partition coefficient (Wildman–Crippen LogP) is 4.98. The highest BCUT2D eigenvalue weighted by molar-refractivity contribution is 7.08. The van der Waals surface area contributed by atoms with E-state index in [4.69, 9.17) is 4.74 Å². The zero-order chi connectivity index (χ0) is 17.4. The number of hydrogen-bond acceptors (Lipinski definition) is 3. The van der Waals surface area contributed by atoms with Crippen LogP contribution in [-0.4, -0.2) is 24.8 Å². The zero-order valence-corrected chi connectivity index (χ0v) is 15.8. The van der Waals surface area contributed by atoms with Gasteiger partial charge in [-0.15, -0.1) is 0 Å². The maximum absolute atomic E-state index is 6.29. The van der Waals surface area contributed by atoms with Gasteiger partial charge >= 0.3 is 0 Å². The Bertz CT molecular complexity index is 814. The Morgan fingerprint density at radius 2 is 2.08 bits per heavy atom. The number of rotatable bonds is 6. The van der Waals surface area contributed by atoms with Crippen molar-refractivity contribution in [3.63, 3.8) is 0 Å². The quantitative estimate of drug-likeness (QED) is 0.781. The first-order chi connectivity index (χ1) is 12.8. The van der Waals surface area contributed by atoms with Crippen molar-refractivity contribution in [1.82, 2.24) is 5.32 Å². The average molecular weight is 364 g/mol. The molecular weight excluding hydrogens is 338 g/mol. The number of thiophene rings is 1. The molecule has 2 aromatic rings. The van der Waals surface area contributed by atoms with E-state index >= 15 is 0 Å². The molecule has 0 bridgehead atoms. The van der Waals surface area contributed by atoms with Crippen LogP contribution in [0.15, 0.2) is 64.9 Å². The Labute approximate surface area is 159 Å². The van der Waals surface area contributed by atoms with Gasteiger partial charge < -0.3 is 10.1 Å². The van der Waals surface area contributed by atoms with Gasteiger partial charge in [-0.05, 0) is 71.3 Å². The van der Waals surface area contributed by atoms with Gasteiger partial charge in [0.25, 0.3) is 0 Å². The fraction of sp³-hybridized carbons (Fsp3) is 0.391. The third-order valence-corrected chi connectivity index (χ3v) is 6.62. The number of allylic oxidation sites excluding steroid dienone is 2. The first-order valence-electron chi connectivity index (χ1n) is 9.70. The first-order valence-corrected chi connectivity index (χ1v) is 10.6. The molecule has 2 fully saturated rings. The van der Waals surface area contributed by atoms with Crippen molar-refractivity contribution in [1.29, 1.82) is 0 Å². The second-order valence-corrected chi connectivity index (χ2v) is 8.61. The van der Waals surface area contributed by atoms with Gasteiger partial charge in [-0.1, -0.05) is 42.5 Å². The van der Waals surface area contributed by atoms with Crippen LogP contribution >= 0.6 is 11.3 Å². The van der Waals surface area contributed by atoms with E-state index in [1.807, 2.05) is 0 Å². The van der Waals surface area contributed by atoms with Gasteiger partial charge in [-0.25, -0.2) is 0 Å². The number of fused-ring (bicyclic) bond motifs is 1. The second kappa shape index (κ2) is 6.80. The molecule has 1 N–H and O–H groups in total. The molecule has 2 unspecified atom stereocenters. The maximum Gasteiger partial charge on any atom is 0.0936 e. The lowest BCUT2D eigenvalue weighted by Gasteiger charge is -2.20. The maximum atomic E-state index is 6.29. The van der Waals surface area contributed by atoms with Crippen LogP contribution in [0.1, 0.15) is 24.8 Å². The Balaban J connectivity index is 1.19. The molecule has 2 nitrogen and oxygen atoms in total. The highest BCUT2D eigenvalue weighted by Crippen LogP contribution is 2.52. The third kappa shape index (κ3) is 3.32. The standard InChI is InChI=1S/C23H25NOS/c1-2-22(24-10-1)15-25-23-9-7-18(13-21(23)14-23)12-17-3-5-19(6-4-17)20-8-11-26-16-20/h3-9,11,13,16,21-22,24H,1-2,10,12,14-15H2/t21?,22-,23?/m0/s1. The van der Waals surface area contributed by atoms with Crippen molar-refractivity contribution in [2.75, 3.05) is 13.2 Å². The molecule has 5 rings (SSSR count). The fourth-order valence-electron chi connectivity index (χ4n) is 4.20. The number of benzene rings is 1. The lowest BCUT2D eigenvalue weighted by Crippen LogP contribution is -2.30. The normalized spacial score (nSPS) is 29.5. The van der Waals surface area contributed by atoms with Crippen LogP contribution < -0.4 is 5.32 Å². The minimum atomic E-state index is 0.0105. The highest BCUT2D eigenvalue weighted by atomic mass is 32.1. The van der Waals surface area contributed by atoms with Crippen LogP contribution in [0.25, 0.3) is 11.1 Å². The zero-order valence-electron chi connectivity index (χ0n) is 15.0. The number of hydrogen-bond donors (Lipinski definition) is 1. The SMILES string of the molecule is C1=CC2(OC[C@@H]3CCCN3)CC2C=C1Cc1ccc(-c2ccsc2)cc1. The van der Waals surface area contributed by atoms with E-state index in [9.17, 15) is 0 Å². The molecular formula is C23H25NOS. The summed E-state index contributed by atoms with van der Waals surface area (Å²) >= 11 is 1.75. The van der Waals surface area contributed by atoms with E-state index < -0.39 is 0 Å². The number of ether oxygens (including phenoxy) is 1. The van der Waals surface area contributed by atoms with Crippen LogP contribution in [0.5, 0.6) is 0 Å². The molecule has 26 heavy (non-hydrogen) atoms. The molecule has 3 aliphatic rings. The number of nitrogens with one attached hydrogen (secondary N) is 1. The average Bonchev–Trinajstić information content (AvgIpc) is 3.06. The van der Waals surface area contributed by atoms with E-state index in [2.05, 4.69) is 64.6 Å². The lowest BCUT2D eigenvalue weighted by molar-refractivity contribution is 0.0460. The molecule has 3 heteroatoms. The summed E-state index contributed by atoms with van der Waals surface area (Å²) in [6.07, 6.45) is 11.8. The highest BCUT2D eigenvalue weighted by Gasteiger charge is 2.53. The summed E-state index contributed by atoms with van der Waals surface area (Å²) in [6.45, 7) is 2.00. The predicted molar refractivity (Wildman–Crippen MR) is 108 cm³/mol. The minimum Gasteiger partial charge on any atom is -0.369 e. The van der Waals surface area contributed by atoms with E-state index in [0.717, 1.165) is 26.0 Å². The summed E-state index contributed by atoms with van der Waals surface area (Å²) in [4.78, 5) is 0. The Hall–Kier alpha value is -1.68. The summed E-state index contributed by atoms with van der Waals surface area (Å²) in [7, 11) is 0. The van der Waals surface area contributed by atoms with Crippen LogP contribution in [0.3, 0.4) is 0 Å². The molecule has 1 saturated carbocycles. The van der Waals surface area contributed by atoms with Gasteiger partial charge in [0.05, 0.1) is 12.2 Å². The topological polar surface area (TPSA) is 21.3 Å². The van der Waals surface area contributed by atoms with Crippen LogP contribution in [0, 0.1) is 5.92 Å². The van der Waals surface area contributed by atoms with E-state index in [1.54, 1.807) is 11.3 Å². The van der Waals surface area contributed by atoms with Crippen molar-refractivity contribution in [3.05, 3.63) is 70.5 Å². The molecule has 2 heterocycles. The first kappa shape index (κ1) is 16.5. The smallest absolute Gasteiger partial charge is 0.0936 e. The van der Waals surface area contributed by atoms with E-state index in [0.29, 0.717) is 12.0 Å². The minimum absolute atomic E-state index is 0.0105. The van der Waals surface area contributed by atoms with Gasteiger partial charge in [0.2, 0.25) is 0 Å². The fourth-order valence-corrected chi connectivity index (χ4v) is 4.87. The van der Waals surface area contributed by atoms with E-state index in [1.165, 1.54) is 35.1 Å². The Morgan fingerprint density at radius 1 is 1.15 bits per heavy atom. The van der Waals surface area contributed by atoms with Gasteiger partial charge in [0.15, 0.2) is 0 Å². The molecule has 1 aliphatic heterocycles. The van der Waals surface area contributed by atoms with Crippen molar-refractivity contribution in [3.8, 4) is 11.1 Å². The molecule has 134 valence electrons. The molecule has 1 aromatic carbocycles. The Kier molecular flexibility index (Phi) is 4.32. The van der Waals surface area contributed by atoms with Crippen LogP contribution in [-0.2, 0) is 11.2 Å². The summed E-state index contributed by atoms with van der Waals surface area (Å²) in [6, 6.07) is 11.7. The largest absolute Gasteiger partial charge is 0.369 e. The van der Waals surface area contributed by atoms with Gasteiger partial charge in [-0.3, -0.25) is 0 Å². The van der Waals surface area contributed by atoms with Gasteiger partial charge in [-0.2, -0.15) is 11.3 Å². The molecule has 2 aliphatic carbocycles. The summed E-state index contributed by atoms with van der Waals surface area (Å²) in [5.74, 6) is 0.578. The van der Waals surface area contributed by atoms with Gasteiger partial charge in [0, 0.05) is 12.0 Å². The summed E-state index contributed by atoms with van der Waals surface area (Å²) in [5.41, 5.74) is 5.43. The molecule has 1 aromatic heterocycles. The van der Waals surface area contributed by atoms with Crippen LogP contribution in [0.2, 0.25) is 0 Å². The van der Waals surface area contributed by atoms with E-state index in [-0.39, 0.29) is 5.60 Å². The molecule has 0 amide bonds. The Morgan fingerprint density at radius 3 is 2.81 bits per heavy atom. The molecule has 1 saturated heterocycles. The molecule has 0 spiro atoms. The summed E-state index contributed by atoms with van der Waals surface area (Å²) in [5, 5.41) is 7.86. The molecule has 0 radical (unpaired) electrons. The van der Waals surface area contributed by atoms with Crippen molar-refractivity contribution in [2.24, 2.45) is 5.92 Å². The van der Waals surface area contributed by atoms with Crippen molar-refractivity contribution >= 4 is 11.3 Å². The van der Waals surface area contributed by atoms with Gasteiger partial charge in [0.1, 0.15) is 0 Å².